The molecule has 0 spiro atoms. The Balaban J connectivity index is 2.23. The fraction of sp³-hybridized carbons (Fsp3) is 0.950. The first-order valence-corrected chi connectivity index (χ1v) is 9.93. The Labute approximate surface area is 144 Å². The zero-order valence-electron chi connectivity index (χ0n) is 16.1. The smallest absolute Gasteiger partial charge is 0.223 e. The lowest BCUT2D eigenvalue weighted by Crippen LogP contribution is -2.36. The maximum Gasteiger partial charge on any atom is 0.223 e. The van der Waals surface area contributed by atoms with Crippen LogP contribution in [-0.2, 0) is 4.79 Å². The number of carbonyl (C=O) groups is 1. The van der Waals surface area contributed by atoms with Crippen molar-refractivity contribution >= 4 is 5.91 Å². The highest BCUT2D eigenvalue weighted by molar-refractivity contribution is 5.76. The van der Waals surface area contributed by atoms with Crippen molar-refractivity contribution in [3.63, 3.8) is 0 Å². The van der Waals surface area contributed by atoms with Gasteiger partial charge in [-0.2, -0.15) is 0 Å². The van der Waals surface area contributed by atoms with Crippen LogP contribution in [0.25, 0.3) is 0 Å². The van der Waals surface area contributed by atoms with E-state index < -0.39 is 0 Å². The fourth-order valence-corrected chi connectivity index (χ4v) is 3.32. The molecule has 0 atom stereocenters. The lowest BCUT2D eigenvalue weighted by Gasteiger charge is -2.27. The van der Waals surface area contributed by atoms with Gasteiger partial charge < -0.3 is 10.2 Å². The van der Waals surface area contributed by atoms with Crippen LogP contribution < -0.4 is 5.32 Å². The van der Waals surface area contributed by atoms with Crippen molar-refractivity contribution in [1.82, 2.24) is 10.2 Å². The highest BCUT2D eigenvalue weighted by atomic mass is 16.2. The lowest BCUT2D eigenvalue weighted by molar-refractivity contribution is -0.133. The molecule has 1 rings (SSSR count). The van der Waals surface area contributed by atoms with Crippen LogP contribution >= 0.6 is 0 Å². The van der Waals surface area contributed by atoms with E-state index in [0.29, 0.717) is 12.3 Å². The summed E-state index contributed by atoms with van der Waals surface area (Å²) in [6, 6.07) is 0.752. The van der Waals surface area contributed by atoms with Crippen molar-refractivity contribution in [3.05, 3.63) is 0 Å². The van der Waals surface area contributed by atoms with Gasteiger partial charge in [-0.25, -0.2) is 0 Å². The van der Waals surface area contributed by atoms with E-state index in [1.807, 2.05) is 0 Å². The number of nitrogens with zero attached hydrogens (tertiary/aromatic N) is 1. The van der Waals surface area contributed by atoms with E-state index in [0.717, 1.165) is 44.9 Å². The molecular weight excluding hydrogens is 284 g/mol. The molecule has 1 aliphatic rings. The number of carbonyl (C=O) groups excluding carboxylic acids is 1. The molecule has 0 saturated heterocycles. The minimum absolute atomic E-state index is 0.0874. The third kappa shape index (κ3) is 10.0. The molecule has 0 aliphatic heterocycles. The van der Waals surface area contributed by atoms with E-state index in [1.54, 1.807) is 0 Å². The minimum atomic E-state index is 0.0874. The summed E-state index contributed by atoms with van der Waals surface area (Å²) >= 11 is 0. The molecule has 1 aliphatic carbocycles. The average Bonchev–Trinajstić information content (AvgIpc) is 2.49. The van der Waals surface area contributed by atoms with Crippen molar-refractivity contribution in [2.75, 3.05) is 19.6 Å². The summed E-state index contributed by atoms with van der Waals surface area (Å²) in [6.45, 7) is 11.6. The largest absolute Gasteiger partial charge is 0.343 e. The third-order valence-corrected chi connectivity index (χ3v) is 4.71. The van der Waals surface area contributed by atoms with Gasteiger partial charge in [0.25, 0.3) is 0 Å². The molecule has 23 heavy (non-hydrogen) atoms. The van der Waals surface area contributed by atoms with Crippen LogP contribution in [0.3, 0.4) is 0 Å². The second kappa shape index (κ2) is 11.1. The number of hydrogen-bond donors (Lipinski definition) is 1. The Kier molecular flexibility index (Phi) is 9.85. The van der Waals surface area contributed by atoms with Crippen LogP contribution in [0.15, 0.2) is 0 Å². The molecule has 0 heterocycles. The molecule has 0 bridgehead atoms. The van der Waals surface area contributed by atoms with Crippen molar-refractivity contribution in [1.29, 1.82) is 0 Å². The van der Waals surface area contributed by atoms with Gasteiger partial charge in [0.2, 0.25) is 5.91 Å². The fourth-order valence-electron chi connectivity index (χ4n) is 3.32. The van der Waals surface area contributed by atoms with Crippen molar-refractivity contribution in [2.45, 2.75) is 97.9 Å². The van der Waals surface area contributed by atoms with E-state index in [9.17, 15) is 4.79 Å². The van der Waals surface area contributed by atoms with E-state index >= 15 is 0 Å². The molecular formula is C20H40N2O. The van der Waals surface area contributed by atoms with Gasteiger partial charge in [-0.15, -0.1) is 0 Å². The van der Waals surface area contributed by atoms with Crippen LogP contribution in [0, 0.1) is 5.41 Å². The second-order valence-electron chi connectivity index (χ2n) is 8.47. The van der Waals surface area contributed by atoms with Gasteiger partial charge >= 0.3 is 0 Å². The van der Waals surface area contributed by atoms with Gasteiger partial charge in [-0.1, -0.05) is 53.4 Å². The standard InChI is InChI=1S/C20H40N2O/c1-5-6-15-22(19(23)17-20(2,3)4)16-11-10-14-21-18-12-8-7-9-13-18/h18,21H,5-17H2,1-4H3. The van der Waals surface area contributed by atoms with Gasteiger partial charge in [0, 0.05) is 25.6 Å². The molecule has 0 aromatic heterocycles. The topological polar surface area (TPSA) is 32.3 Å². The van der Waals surface area contributed by atoms with Crippen LogP contribution in [0.4, 0.5) is 0 Å². The third-order valence-electron chi connectivity index (χ3n) is 4.71. The molecule has 1 fully saturated rings. The Morgan fingerprint density at radius 3 is 2.30 bits per heavy atom. The van der Waals surface area contributed by atoms with E-state index in [2.05, 4.69) is 37.9 Å². The van der Waals surface area contributed by atoms with Gasteiger partial charge in [0.15, 0.2) is 0 Å². The molecule has 3 nitrogen and oxygen atoms in total. The molecule has 3 heteroatoms. The first kappa shape index (κ1) is 20.5. The van der Waals surface area contributed by atoms with Gasteiger partial charge in [-0.05, 0) is 44.1 Å². The summed E-state index contributed by atoms with van der Waals surface area (Å²) in [7, 11) is 0. The van der Waals surface area contributed by atoms with Crippen molar-refractivity contribution in [3.8, 4) is 0 Å². The molecule has 0 aromatic carbocycles. The van der Waals surface area contributed by atoms with Crippen molar-refractivity contribution < 1.29 is 4.79 Å². The molecule has 0 aromatic rings. The highest BCUT2D eigenvalue weighted by Gasteiger charge is 2.20. The minimum Gasteiger partial charge on any atom is -0.343 e. The summed E-state index contributed by atoms with van der Waals surface area (Å²) in [6.07, 6.45) is 12.2. The monoisotopic (exact) mass is 324 g/mol. The van der Waals surface area contributed by atoms with Gasteiger partial charge in [0.1, 0.15) is 0 Å². The SMILES string of the molecule is CCCCN(CCCCNC1CCCCC1)C(=O)CC(C)(C)C. The predicted molar refractivity (Wildman–Crippen MR) is 99.7 cm³/mol. The average molecular weight is 325 g/mol. The maximum atomic E-state index is 12.5. The normalized spacial score (nSPS) is 16.5. The van der Waals surface area contributed by atoms with Crippen LogP contribution in [0.5, 0.6) is 0 Å². The molecule has 1 amide bonds. The molecule has 136 valence electrons. The maximum absolute atomic E-state index is 12.5. The van der Waals surface area contributed by atoms with Gasteiger partial charge in [0.05, 0.1) is 0 Å². The van der Waals surface area contributed by atoms with Crippen LogP contribution in [0.2, 0.25) is 0 Å². The molecule has 0 unspecified atom stereocenters. The van der Waals surface area contributed by atoms with E-state index in [-0.39, 0.29) is 5.41 Å². The van der Waals surface area contributed by atoms with E-state index in [1.165, 1.54) is 38.5 Å². The summed E-state index contributed by atoms with van der Waals surface area (Å²) in [5, 5.41) is 3.70. The van der Waals surface area contributed by atoms with E-state index in [4.69, 9.17) is 0 Å². The number of hydrogen-bond acceptors (Lipinski definition) is 2. The summed E-state index contributed by atoms with van der Waals surface area (Å²) in [4.78, 5) is 14.6. The number of rotatable bonds is 10. The molecule has 1 saturated carbocycles. The first-order chi connectivity index (χ1) is 10.9. The first-order valence-electron chi connectivity index (χ1n) is 9.93. The van der Waals surface area contributed by atoms with Crippen LogP contribution in [-0.4, -0.2) is 36.5 Å². The Hall–Kier alpha value is -0.570. The highest BCUT2D eigenvalue weighted by Crippen LogP contribution is 2.20. The number of nitrogens with one attached hydrogen (secondary N) is 1. The Morgan fingerprint density at radius 2 is 1.70 bits per heavy atom. The lowest BCUT2D eigenvalue weighted by atomic mass is 9.91. The number of unbranched alkanes of at least 4 members (excludes halogenated alkanes) is 2. The summed E-state index contributed by atoms with van der Waals surface area (Å²) in [5.41, 5.74) is 0.0874. The Bertz CT molecular complexity index is 316. The van der Waals surface area contributed by atoms with Crippen LogP contribution in [0.1, 0.15) is 91.9 Å². The van der Waals surface area contributed by atoms with Gasteiger partial charge in [-0.3, -0.25) is 4.79 Å². The Morgan fingerprint density at radius 1 is 1.04 bits per heavy atom. The second-order valence-corrected chi connectivity index (χ2v) is 8.47. The molecule has 1 N–H and O–H groups in total. The molecule has 0 radical (unpaired) electrons. The number of amides is 1. The predicted octanol–water partition coefficient (Wildman–Crippen LogP) is 4.75. The summed E-state index contributed by atoms with van der Waals surface area (Å²) in [5.74, 6) is 0.339. The summed E-state index contributed by atoms with van der Waals surface area (Å²) < 4.78 is 0. The van der Waals surface area contributed by atoms with Crippen molar-refractivity contribution in [2.24, 2.45) is 5.41 Å². The quantitative estimate of drug-likeness (QED) is 0.588. The zero-order valence-corrected chi connectivity index (χ0v) is 16.1. The zero-order chi connectivity index (χ0) is 17.1.